The van der Waals surface area contributed by atoms with Gasteiger partial charge in [0.25, 0.3) is 5.56 Å². The monoisotopic (exact) mass is 276 g/mol. The van der Waals surface area contributed by atoms with Crippen LogP contribution in [0.25, 0.3) is 0 Å². The lowest BCUT2D eigenvalue weighted by Gasteiger charge is -2.22. The van der Waals surface area contributed by atoms with E-state index in [4.69, 9.17) is 0 Å². The Hall–Kier alpha value is -0.290. The Balaban J connectivity index is 2.99. The van der Waals surface area contributed by atoms with Gasteiger partial charge in [-0.15, -0.1) is 0 Å². The smallest absolute Gasteiger partial charge is 0.267 e. The molecule has 0 aromatic carbocycles. The minimum absolute atomic E-state index is 0.00455. The number of hydrogen-bond donors (Lipinski definition) is 1. The lowest BCUT2D eigenvalue weighted by Crippen LogP contribution is -2.29. The minimum atomic E-state index is -0.0464. The molecule has 0 aliphatic carbocycles. The molecule has 14 heavy (non-hydrogen) atoms. The Bertz CT molecular complexity index is 375. The van der Waals surface area contributed by atoms with Gasteiger partial charge in [0.15, 0.2) is 0 Å². The molecule has 1 rings (SSSR count). The molecular formula is C9H13BrN2OS. The van der Waals surface area contributed by atoms with Gasteiger partial charge in [-0.05, 0) is 27.1 Å². The molecule has 3 nitrogen and oxygen atoms in total. The van der Waals surface area contributed by atoms with Crippen molar-refractivity contribution in [1.82, 2.24) is 9.55 Å². The molecule has 0 atom stereocenters. The van der Waals surface area contributed by atoms with Crippen molar-refractivity contribution in [1.29, 1.82) is 0 Å². The van der Waals surface area contributed by atoms with Crippen molar-refractivity contribution in [2.45, 2.75) is 20.4 Å². The van der Waals surface area contributed by atoms with Crippen molar-refractivity contribution in [3.8, 4) is 0 Å². The normalized spacial score (nSPS) is 11.7. The average molecular weight is 277 g/mol. The first-order valence-corrected chi connectivity index (χ1v) is 5.70. The van der Waals surface area contributed by atoms with Gasteiger partial charge in [-0.1, -0.05) is 13.8 Å². The van der Waals surface area contributed by atoms with Crippen LogP contribution in [0, 0.1) is 5.41 Å². The highest BCUT2D eigenvalue weighted by Gasteiger charge is 2.17. The second-order valence-electron chi connectivity index (χ2n) is 4.00. The van der Waals surface area contributed by atoms with E-state index in [1.165, 1.54) is 6.20 Å². The van der Waals surface area contributed by atoms with Crippen LogP contribution in [0.2, 0.25) is 0 Å². The van der Waals surface area contributed by atoms with Crippen LogP contribution in [-0.2, 0) is 6.54 Å². The zero-order valence-corrected chi connectivity index (χ0v) is 10.7. The summed E-state index contributed by atoms with van der Waals surface area (Å²) in [6.07, 6.45) is 3.06. The molecule has 0 aliphatic heterocycles. The van der Waals surface area contributed by atoms with E-state index in [1.54, 1.807) is 10.9 Å². The molecule has 5 heteroatoms. The molecule has 1 aromatic heterocycles. The van der Waals surface area contributed by atoms with Crippen LogP contribution in [0.1, 0.15) is 13.8 Å². The third kappa shape index (κ3) is 2.85. The third-order valence-electron chi connectivity index (χ3n) is 1.89. The fraction of sp³-hybridized carbons (Fsp3) is 0.556. The lowest BCUT2D eigenvalue weighted by atomic mass is 9.96. The molecule has 1 heterocycles. The third-order valence-corrected chi connectivity index (χ3v) is 3.29. The first kappa shape index (κ1) is 11.8. The van der Waals surface area contributed by atoms with Crippen LogP contribution in [0.4, 0.5) is 0 Å². The summed E-state index contributed by atoms with van der Waals surface area (Å²) in [5.74, 6) is 0.728. The van der Waals surface area contributed by atoms with E-state index in [0.717, 1.165) is 5.75 Å². The summed E-state index contributed by atoms with van der Waals surface area (Å²) < 4.78 is 2.09. The summed E-state index contributed by atoms with van der Waals surface area (Å²) in [5.41, 5.74) is -0.0510. The Morgan fingerprint density at radius 3 is 2.86 bits per heavy atom. The minimum Gasteiger partial charge on any atom is -0.298 e. The quantitative estimate of drug-likeness (QED) is 0.857. The Morgan fingerprint density at radius 2 is 2.29 bits per heavy atom. The molecule has 0 unspecified atom stereocenters. The second kappa shape index (κ2) is 4.49. The van der Waals surface area contributed by atoms with E-state index in [0.29, 0.717) is 11.0 Å². The van der Waals surface area contributed by atoms with Crippen LogP contribution in [-0.4, -0.2) is 15.3 Å². The number of halogens is 1. The number of nitrogens with zero attached hydrogens (tertiary/aromatic N) is 2. The van der Waals surface area contributed by atoms with Crippen LogP contribution in [0.5, 0.6) is 0 Å². The summed E-state index contributed by atoms with van der Waals surface area (Å²) in [4.78, 5) is 15.6. The fourth-order valence-corrected chi connectivity index (χ4v) is 1.49. The molecule has 0 fully saturated rings. The van der Waals surface area contributed by atoms with E-state index in [9.17, 15) is 4.79 Å². The zero-order valence-electron chi connectivity index (χ0n) is 8.20. The van der Waals surface area contributed by atoms with Crippen LogP contribution < -0.4 is 5.56 Å². The van der Waals surface area contributed by atoms with Gasteiger partial charge in [-0.3, -0.25) is 9.36 Å². The zero-order chi connectivity index (χ0) is 10.8. The van der Waals surface area contributed by atoms with Gasteiger partial charge in [-0.25, -0.2) is 4.98 Å². The standard InChI is InChI=1S/C9H13BrN2OS/c1-9(2,5-14)4-12-6-11-3-7(10)8(12)13/h3,6,14H,4-5H2,1-2H3. The fourth-order valence-electron chi connectivity index (χ4n) is 1.05. The molecule has 0 spiro atoms. The molecule has 0 saturated carbocycles. The van der Waals surface area contributed by atoms with Crippen LogP contribution in [0.15, 0.2) is 21.8 Å². The van der Waals surface area contributed by atoms with Gasteiger partial charge in [0.2, 0.25) is 0 Å². The van der Waals surface area contributed by atoms with E-state index in [-0.39, 0.29) is 11.0 Å². The van der Waals surface area contributed by atoms with Gasteiger partial charge in [0.05, 0.1) is 6.33 Å². The highest BCUT2D eigenvalue weighted by Crippen LogP contribution is 2.18. The van der Waals surface area contributed by atoms with Crippen molar-refractivity contribution >= 4 is 28.6 Å². The van der Waals surface area contributed by atoms with Gasteiger partial charge >= 0.3 is 0 Å². The average Bonchev–Trinajstić information content (AvgIpc) is 2.13. The first-order chi connectivity index (χ1) is 6.46. The SMILES string of the molecule is CC(C)(CS)Cn1cncc(Br)c1=O. The van der Waals surface area contributed by atoms with Crippen molar-refractivity contribution in [2.75, 3.05) is 5.75 Å². The molecular weight excluding hydrogens is 264 g/mol. The molecule has 0 saturated heterocycles. The maximum Gasteiger partial charge on any atom is 0.267 e. The summed E-state index contributed by atoms with van der Waals surface area (Å²) >= 11 is 7.40. The number of hydrogen-bond acceptors (Lipinski definition) is 3. The van der Waals surface area contributed by atoms with Crippen LogP contribution in [0.3, 0.4) is 0 Å². The summed E-state index contributed by atoms with van der Waals surface area (Å²) in [6.45, 7) is 4.75. The van der Waals surface area contributed by atoms with Crippen molar-refractivity contribution < 1.29 is 0 Å². The maximum absolute atomic E-state index is 11.6. The highest BCUT2D eigenvalue weighted by atomic mass is 79.9. The largest absolute Gasteiger partial charge is 0.298 e. The molecule has 0 amide bonds. The predicted molar refractivity (Wildman–Crippen MR) is 63.8 cm³/mol. The molecule has 0 aliphatic rings. The Labute approximate surface area is 97.1 Å². The van der Waals surface area contributed by atoms with E-state index >= 15 is 0 Å². The first-order valence-electron chi connectivity index (χ1n) is 4.27. The summed E-state index contributed by atoms with van der Waals surface area (Å²) in [5, 5.41) is 0. The highest BCUT2D eigenvalue weighted by molar-refractivity contribution is 9.10. The van der Waals surface area contributed by atoms with E-state index in [1.807, 2.05) is 0 Å². The maximum atomic E-state index is 11.6. The Kier molecular flexibility index (Phi) is 3.78. The topological polar surface area (TPSA) is 34.9 Å². The lowest BCUT2D eigenvalue weighted by molar-refractivity contribution is 0.344. The van der Waals surface area contributed by atoms with E-state index < -0.39 is 0 Å². The Morgan fingerprint density at radius 1 is 1.64 bits per heavy atom. The molecule has 1 aromatic rings. The van der Waals surface area contributed by atoms with Gasteiger partial charge in [-0.2, -0.15) is 12.6 Å². The number of aromatic nitrogens is 2. The summed E-state index contributed by atoms with van der Waals surface area (Å²) in [6, 6.07) is 0. The molecule has 0 N–H and O–H groups in total. The number of rotatable bonds is 3. The van der Waals surface area contributed by atoms with Crippen molar-refractivity contribution in [3.63, 3.8) is 0 Å². The van der Waals surface area contributed by atoms with Crippen molar-refractivity contribution in [3.05, 3.63) is 27.4 Å². The number of thiol groups is 1. The summed E-state index contributed by atoms with van der Waals surface area (Å²) in [7, 11) is 0. The van der Waals surface area contributed by atoms with Gasteiger partial charge in [0.1, 0.15) is 4.47 Å². The van der Waals surface area contributed by atoms with E-state index in [2.05, 4.69) is 47.4 Å². The van der Waals surface area contributed by atoms with Crippen molar-refractivity contribution in [2.24, 2.45) is 5.41 Å². The van der Waals surface area contributed by atoms with Crippen LogP contribution >= 0.6 is 28.6 Å². The molecule has 0 radical (unpaired) electrons. The van der Waals surface area contributed by atoms with Gasteiger partial charge < -0.3 is 0 Å². The predicted octanol–water partition coefficient (Wildman–Crippen LogP) is 1.96. The molecule has 78 valence electrons. The second-order valence-corrected chi connectivity index (χ2v) is 5.17. The molecule has 0 bridgehead atoms. The van der Waals surface area contributed by atoms with Gasteiger partial charge in [0, 0.05) is 12.7 Å².